The number of pyridine rings is 1. The van der Waals surface area contributed by atoms with E-state index in [4.69, 9.17) is 16.3 Å². The molecule has 0 unspecified atom stereocenters. The minimum atomic E-state index is -0.0413. The van der Waals surface area contributed by atoms with E-state index in [1.54, 1.807) is 18.3 Å². The van der Waals surface area contributed by atoms with Gasteiger partial charge in [-0.1, -0.05) is 23.7 Å². The van der Waals surface area contributed by atoms with E-state index in [2.05, 4.69) is 4.98 Å². The average Bonchev–Trinajstić information content (AvgIpc) is 2.49. The highest BCUT2D eigenvalue weighted by molar-refractivity contribution is 6.32. The lowest BCUT2D eigenvalue weighted by atomic mass is 10.0. The van der Waals surface area contributed by atoms with Gasteiger partial charge in [-0.2, -0.15) is 0 Å². The molecular formula is C16H12ClNO2. The van der Waals surface area contributed by atoms with Crippen molar-refractivity contribution in [1.29, 1.82) is 0 Å². The molecule has 0 radical (unpaired) electrons. The molecular weight excluding hydrogens is 274 g/mol. The summed E-state index contributed by atoms with van der Waals surface area (Å²) in [6.07, 6.45) is 1.77. The van der Waals surface area contributed by atoms with E-state index in [0.717, 1.165) is 22.0 Å². The SMILES string of the molecule is COc1cc(-c2ccc3ncccc3c2)cc(Cl)c1O. The maximum Gasteiger partial charge on any atom is 0.176 e. The number of phenolic OH excluding ortho intramolecular Hbond substituents is 1. The molecule has 0 bridgehead atoms. The Balaban J connectivity index is 2.17. The molecule has 4 heteroatoms. The smallest absolute Gasteiger partial charge is 0.176 e. The van der Waals surface area contributed by atoms with Crippen molar-refractivity contribution >= 4 is 22.5 Å². The van der Waals surface area contributed by atoms with Gasteiger partial charge < -0.3 is 9.84 Å². The molecule has 0 amide bonds. The van der Waals surface area contributed by atoms with Crippen molar-refractivity contribution in [3.05, 3.63) is 53.7 Å². The third-order valence-corrected chi connectivity index (χ3v) is 3.47. The van der Waals surface area contributed by atoms with E-state index in [1.165, 1.54) is 7.11 Å². The zero-order chi connectivity index (χ0) is 14.1. The van der Waals surface area contributed by atoms with Gasteiger partial charge in [0.1, 0.15) is 0 Å². The molecule has 1 heterocycles. The molecule has 0 fully saturated rings. The second kappa shape index (κ2) is 5.02. The van der Waals surface area contributed by atoms with Crippen molar-refractivity contribution in [2.24, 2.45) is 0 Å². The minimum Gasteiger partial charge on any atom is -0.503 e. The van der Waals surface area contributed by atoms with Gasteiger partial charge in [-0.25, -0.2) is 0 Å². The quantitative estimate of drug-likeness (QED) is 0.764. The van der Waals surface area contributed by atoms with Crippen LogP contribution >= 0.6 is 11.6 Å². The molecule has 0 aliphatic rings. The molecule has 3 nitrogen and oxygen atoms in total. The molecule has 0 atom stereocenters. The monoisotopic (exact) mass is 285 g/mol. The molecule has 0 aliphatic carbocycles. The van der Waals surface area contributed by atoms with Gasteiger partial charge in [0.15, 0.2) is 11.5 Å². The number of aromatic nitrogens is 1. The van der Waals surface area contributed by atoms with Crippen molar-refractivity contribution in [1.82, 2.24) is 4.98 Å². The summed E-state index contributed by atoms with van der Waals surface area (Å²) in [5, 5.41) is 11.1. The van der Waals surface area contributed by atoms with Gasteiger partial charge in [0.25, 0.3) is 0 Å². The number of ether oxygens (including phenoxy) is 1. The number of benzene rings is 2. The Morgan fingerprint density at radius 1 is 1.10 bits per heavy atom. The second-order valence-electron chi connectivity index (χ2n) is 4.42. The van der Waals surface area contributed by atoms with E-state index in [-0.39, 0.29) is 10.8 Å². The van der Waals surface area contributed by atoms with Gasteiger partial charge in [0, 0.05) is 11.6 Å². The van der Waals surface area contributed by atoms with E-state index in [0.29, 0.717) is 5.75 Å². The van der Waals surface area contributed by atoms with Crippen molar-refractivity contribution in [2.45, 2.75) is 0 Å². The average molecular weight is 286 g/mol. The first-order chi connectivity index (χ1) is 9.69. The normalized spacial score (nSPS) is 10.7. The van der Waals surface area contributed by atoms with E-state index >= 15 is 0 Å². The predicted octanol–water partition coefficient (Wildman–Crippen LogP) is 4.27. The fourth-order valence-corrected chi connectivity index (χ4v) is 2.36. The lowest BCUT2D eigenvalue weighted by molar-refractivity contribution is 0.374. The topological polar surface area (TPSA) is 42.4 Å². The van der Waals surface area contributed by atoms with E-state index in [1.807, 2.05) is 30.3 Å². The number of methoxy groups -OCH3 is 1. The zero-order valence-electron chi connectivity index (χ0n) is 10.8. The number of nitrogens with zero attached hydrogens (tertiary/aromatic N) is 1. The first kappa shape index (κ1) is 12.8. The van der Waals surface area contributed by atoms with Crippen LogP contribution in [0.1, 0.15) is 0 Å². The molecule has 0 aliphatic heterocycles. The highest BCUT2D eigenvalue weighted by atomic mass is 35.5. The van der Waals surface area contributed by atoms with Crippen LogP contribution in [-0.4, -0.2) is 17.2 Å². The molecule has 0 saturated carbocycles. The van der Waals surface area contributed by atoms with Gasteiger partial charge in [-0.05, 0) is 41.5 Å². The van der Waals surface area contributed by atoms with Crippen molar-refractivity contribution in [3.63, 3.8) is 0 Å². The van der Waals surface area contributed by atoms with Gasteiger partial charge in [-0.3, -0.25) is 4.98 Å². The lowest BCUT2D eigenvalue weighted by Crippen LogP contribution is -1.87. The Morgan fingerprint density at radius 2 is 1.95 bits per heavy atom. The Hall–Kier alpha value is -2.26. The third-order valence-electron chi connectivity index (χ3n) is 3.18. The summed E-state index contributed by atoms with van der Waals surface area (Å²) in [7, 11) is 1.50. The lowest BCUT2D eigenvalue weighted by Gasteiger charge is -2.09. The van der Waals surface area contributed by atoms with E-state index in [9.17, 15) is 5.11 Å². The summed E-state index contributed by atoms with van der Waals surface area (Å²) in [6, 6.07) is 13.3. The van der Waals surface area contributed by atoms with Gasteiger partial charge in [0.05, 0.1) is 17.6 Å². The number of aromatic hydroxyl groups is 1. The molecule has 0 spiro atoms. The summed E-state index contributed by atoms with van der Waals surface area (Å²) in [5.41, 5.74) is 2.81. The van der Waals surface area contributed by atoms with Crippen LogP contribution in [0.2, 0.25) is 5.02 Å². The Kier molecular flexibility index (Phi) is 3.20. The number of hydrogen-bond donors (Lipinski definition) is 1. The summed E-state index contributed by atoms with van der Waals surface area (Å²) >= 11 is 6.02. The number of rotatable bonds is 2. The standard InChI is InChI=1S/C16H12ClNO2/c1-20-15-9-12(8-13(17)16(15)19)10-4-5-14-11(7-10)3-2-6-18-14/h2-9,19H,1H3. The minimum absolute atomic E-state index is 0.0413. The van der Waals surface area contributed by atoms with Crippen LogP contribution in [0.4, 0.5) is 0 Å². The highest BCUT2D eigenvalue weighted by Crippen LogP contribution is 2.38. The molecule has 1 aromatic heterocycles. The predicted molar refractivity (Wildman–Crippen MR) is 80.4 cm³/mol. The van der Waals surface area contributed by atoms with Crippen molar-refractivity contribution in [3.8, 4) is 22.6 Å². The fourth-order valence-electron chi connectivity index (χ4n) is 2.15. The molecule has 3 rings (SSSR count). The largest absolute Gasteiger partial charge is 0.503 e. The first-order valence-electron chi connectivity index (χ1n) is 6.10. The van der Waals surface area contributed by atoms with Crippen molar-refractivity contribution < 1.29 is 9.84 Å². The molecule has 3 aromatic rings. The van der Waals surface area contributed by atoms with Gasteiger partial charge in [-0.15, -0.1) is 0 Å². The maximum atomic E-state index is 9.77. The maximum absolute atomic E-state index is 9.77. The molecule has 100 valence electrons. The van der Waals surface area contributed by atoms with Gasteiger partial charge in [0.2, 0.25) is 0 Å². The zero-order valence-corrected chi connectivity index (χ0v) is 11.6. The highest BCUT2D eigenvalue weighted by Gasteiger charge is 2.10. The van der Waals surface area contributed by atoms with Gasteiger partial charge >= 0.3 is 0 Å². The summed E-state index contributed by atoms with van der Waals surface area (Å²) < 4.78 is 5.13. The van der Waals surface area contributed by atoms with E-state index < -0.39 is 0 Å². The van der Waals surface area contributed by atoms with Crippen LogP contribution in [0.5, 0.6) is 11.5 Å². The Morgan fingerprint density at radius 3 is 2.75 bits per heavy atom. The van der Waals surface area contributed by atoms with Crippen LogP contribution < -0.4 is 4.74 Å². The molecule has 1 N–H and O–H groups in total. The van der Waals surface area contributed by atoms with Crippen LogP contribution in [0.25, 0.3) is 22.0 Å². The molecule has 2 aromatic carbocycles. The molecule has 20 heavy (non-hydrogen) atoms. The summed E-state index contributed by atoms with van der Waals surface area (Å²) in [6.45, 7) is 0. The van der Waals surface area contributed by atoms with Crippen LogP contribution in [-0.2, 0) is 0 Å². The fraction of sp³-hybridized carbons (Fsp3) is 0.0625. The summed E-state index contributed by atoms with van der Waals surface area (Å²) in [4.78, 5) is 4.29. The second-order valence-corrected chi connectivity index (χ2v) is 4.83. The summed E-state index contributed by atoms with van der Waals surface area (Å²) in [5.74, 6) is 0.319. The van der Waals surface area contributed by atoms with Crippen molar-refractivity contribution in [2.75, 3.05) is 7.11 Å². The molecule has 0 saturated heterocycles. The number of hydrogen-bond acceptors (Lipinski definition) is 3. The number of fused-ring (bicyclic) bond motifs is 1. The Labute approximate surface area is 121 Å². The number of halogens is 1. The first-order valence-corrected chi connectivity index (χ1v) is 6.48. The van der Waals surface area contributed by atoms with Crippen LogP contribution in [0.15, 0.2) is 48.7 Å². The van der Waals surface area contributed by atoms with Crippen LogP contribution in [0.3, 0.4) is 0 Å². The van der Waals surface area contributed by atoms with Crippen LogP contribution in [0, 0.1) is 0 Å². The third kappa shape index (κ3) is 2.17. The Bertz CT molecular complexity index is 787. The number of phenols is 1.